The van der Waals surface area contributed by atoms with Gasteiger partial charge in [-0.25, -0.2) is 9.18 Å². The van der Waals surface area contributed by atoms with E-state index in [0.29, 0.717) is 17.5 Å². The van der Waals surface area contributed by atoms with Crippen LogP contribution in [0.1, 0.15) is 24.2 Å². The first-order valence-corrected chi connectivity index (χ1v) is 5.81. The summed E-state index contributed by atoms with van der Waals surface area (Å²) in [5.41, 5.74) is 0.836. The first kappa shape index (κ1) is 15.1. The molecule has 2 atom stereocenters. The fourth-order valence-corrected chi connectivity index (χ4v) is 1.74. The Hall–Kier alpha value is -1.95. The predicted octanol–water partition coefficient (Wildman–Crippen LogP) is 0.845. The Morgan fingerprint density at radius 1 is 1.58 bits per heavy atom. The van der Waals surface area contributed by atoms with Crippen molar-refractivity contribution < 1.29 is 23.8 Å². The Kier molecular flexibility index (Phi) is 5.44. The molecule has 1 amide bonds. The molecule has 19 heavy (non-hydrogen) atoms. The van der Waals surface area contributed by atoms with Crippen LogP contribution in [0.4, 0.5) is 4.39 Å². The summed E-state index contributed by atoms with van der Waals surface area (Å²) in [6.45, 7) is 3.35. The van der Waals surface area contributed by atoms with E-state index in [1.165, 1.54) is 18.2 Å². The maximum Gasteiger partial charge on any atom is 0.331 e. The minimum atomic E-state index is -1.30. The van der Waals surface area contributed by atoms with Gasteiger partial charge in [0.2, 0.25) is 6.41 Å². The standard InChI is InChI=1S/C13H16FNO4/c1-3-19-13(18)11(15-7-16)12(17)10-5-4-9(14)6-8(10)2/h4-7,11-12,17H,3H2,1-2H3,(H,15,16). The minimum absolute atomic E-state index is 0.130. The van der Waals surface area contributed by atoms with Gasteiger partial charge in [-0.3, -0.25) is 4.79 Å². The fraction of sp³-hybridized carbons (Fsp3) is 0.385. The summed E-state index contributed by atoms with van der Waals surface area (Å²) in [7, 11) is 0. The van der Waals surface area contributed by atoms with Gasteiger partial charge in [0.05, 0.1) is 6.61 Å². The van der Waals surface area contributed by atoms with Crippen LogP contribution >= 0.6 is 0 Å². The zero-order chi connectivity index (χ0) is 14.4. The van der Waals surface area contributed by atoms with E-state index in [0.717, 1.165) is 0 Å². The largest absolute Gasteiger partial charge is 0.464 e. The van der Waals surface area contributed by atoms with Gasteiger partial charge in [0.1, 0.15) is 11.9 Å². The quantitative estimate of drug-likeness (QED) is 0.593. The molecule has 6 heteroatoms. The van der Waals surface area contributed by atoms with Gasteiger partial charge in [-0.15, -0.1) is 0 Å². The molecule has 0 aliphatic rings. The van der Waals surface area contributed by atoms with Gasteiger partial charge in [-0.05, 0) is 37.1 Å². The molecule has 0 spiro atoms. The highest BCUT2D eigenvalue weighted by atomic mass is 19.1. The first-order valence-electron chi connectivity index (χ1n) is 5.81. The molecule has 0 bridgehead atoms. The van der Waals surface area contributed by atoms with Gasteiger partial charge in [-0.2, -0.15) is 0 Å². The van der Waals surface area contributed by atoms with Crippen molar-refractivity contribution in [2.45, 2.75) is 26.0 Å². The van der Waals surface area contributed by atoms with Crippen LogP contribution < -0.4 is 5.32 Å². The van der Waals surface area contributed by atoms with Crippen LogP contribution in [-0.4, -0.2) is 30.1 Å². The topological polar surface area (TPSA) is 75.6 Å². The van der Waals surface area contributed by atoms with Crippen LogP contribution in [0.25, 0.3) is 0 Å². The summed E-state index contributed by atoms with van der Waals surface area (Å²) in [5, 5.41) is 12.3. The van der Waals surface area contributed by atoms with E-state index >= 15 is 0 Å². The fourth-order valence-electron chi connectivity index (χ4n) is 1.74. The Labute approximate surface area is 110 Å². The summed E-state index contributed by atoms with van der Waals surface area (Å²) in [6, 6.07) is 2.56. The molecule has 0 fully saturated rings. The lowest BCUT2D eigenvalue weighted by Crippen LogP contribution is -2.42. The van der Waals surface area contributed by atoms with Crippen LogP contribution in [0.3, 0.4) is 0 Å². The van der Waals surface area contributed by atoms with E-state index in [2.05, 4.69) is 5.32 Å². The Bertz CT molecular complexity index is 464. The highest BCUT2D eigenvalue weighted by Gasteiger charge is 2.29. The van der Waals surface area contributed by atoms with Crippen molar-refractivity contribution in [3.05, 3.63) is 35.1 Å². The van der Waals surface area contributed by atoms with Crippen LogP contribution in [0, 0.1) is 12.7 Å². The van der Waals surface area contributed by atoms with Crippen LogP contribution in [-0.2, 0) is 14.3 Å². The second kappa shape index (κ2) is 6.84. The van der Waals surface area contributed by atoms with Gasteiger partial charge >= 0.3 is 5.97 Å². The van der Waals surface area contributed by atoms with Gasteiger partial charge in [0.15, 0.2) is 6.04 Å². The zero-order valence-corrected chi connectivity index (χ0v) is 10.7. The van der Waals surface area contributed by atoms with Crippen molar-refractivity contribution in [1.82, 2.24) is 5.32 Å². The molecule has 104 valence electrons. The van der Waals surface area contributed by atoms with Crippen LogP contribution in [0.5, 0.6) is 0 Å². The van der Waals surface area contributed by atoms with Gasteiger partial charge in [0.25, 0.3) is 0 Å². The summed E-state index contributed by atoms with van der Waals surface area (Å²) < 4.78 is 17.8. The van der Waals surface area contributed by atoms with Crippen molar-refractivity contribution >= 4 is 12.4 Å². The Balaban J connectivity index is 3.01. The van der Waals surface area contributed by atoms with Gasteiger partial charge in [0, 0.05) is 0 Å². The molecule has 0 aliphatic heterocycles. The van der Waals surface area contributed by atoms with E-state index < -0.39 is 23.9 Å². The number of aliphatic hydroxyl groups excluding tert-OH is 1. The predicted molar refractivity (Wildman–Crippen MR) is 65.7 cm³/mol. The molecule has 0 saturated heterocycles. The number of carbonyl (C=O) groups excluding carboxylic acids is 2. The molecule has 0 radical (unpaired) electrons. The number of esters is 1. The van der Waals surface area contributed by atoms with Crippen molar-refractivity contribution in [2.75, 3.05) is 6.61 Å². The maximum atomic E-state index is 13.0. The third-order valence-corrected chi connectivity index (χ3v) is 2.65. The number of nitrogens with one attached hydrogen (secondary N) is 1. The number of halogens is 1. The number of amides is 1. The summed E-state index contributed by atoms with van der Waals surface area (Å²) in [6.07, 6.45) is -0.992. The summed E-state index contributed by atoms with van der Waals surface area (Å²) in [5.74, 6) is -1.18. The summed E-state index contributed by atoms with van der Waals surface area (Å²) in [4.78, 5) is 22.2. The van der Waals surface area contributed by atoms with E-state index in [4.69, 9.17) is 4.74 Å². The number of hydrogen-bond donors (Lipinski definition) is 2. The molecular formula is C13H16FNO4. The van der Waals surface area contributed by atoms with E-state index in [1.807, 2.05) is 0 Å². The molecule has 0 aliphatic carbocycles. The van der Waals surface area contributed by atoms with E-state index in [-0.39, 0.29) is 6.61 Å². The van der Waals surface area contributed by atoms with E-state index in [9.17, 15) is 19.1 Å². The maximum absolute atomic E-state index is 13.0. The van der Waals surface area contributed by atoms with Gasteiger partial charge in [-0.1, -0.05) is 6.07 Å². The van der Waals surface area contributed by atoms with Crippen LogP contribution in [0.2, 0.25) is 0 Å². The molecule has 0 aromatic heterocycles. The average molecular weight is 269 g/mol. The molecule has 1 rings (SSSR count). The third-order valence-electron chi connectivity index (χ3n) is 2.65. The van der Waals surface area contributed by atoms with Crippen molar-refractivity contribution in [3.63, 3.8) is 0 Å². The van der Waals surface area contributed by atoms with Crippen molar-refractivity contribution in [3.8, 4) is 0 Å². The lowest BCUT2D eigenvalue weighted by molar-refractivity contribution is -0.149. The first-order chi connectivity index (χ1) is 9.01. The highest BCUT2D eigenvalue weighted by Crippen LogP contribution is 2.22. The number of aryl methyl sites for hydroxylation is 1. The number of hydrogen-bond acceptors (Lipinski definition) is 4. The molecule has 2 unspecified atom stereocenters. The Morgan fingerprint density at radius 3 is 2.79 bits per heavy atom. The number of aliphatic hydroxyl groups is 1. The molecule has 2 N–H and O–H groups in total. The zero-order valence-electron chi connectivity index (χ0n) is 10.7. The number of carbonyl (C=O) groups is 2. The number of rotatable bonds is 6. The smallest absolute Gasteiger partial charge is 0.331 e. The Morgan fingerprint density at radius 2 is 2.26 bits per heavy atom. The summed E-state index contributed by atoms with van der Waals surface area (Å²) >= 11 is 0. The normalized spacial score (nSPS) is 13.5. The monoisotopic (exact) mass is 269 g/mol. The second-order valence-corrected chi connectivity index (χ2v) is 3.96. The van der Waals surface area contributed by atoms with Crippen LogP contribution in [0.15, 0.2) is 18.2 Å². The molecule has 1 aromatic carbocycles. The van der Waals surface area contributed by atoms with E-state index in [1.54, 1.807) is 13.8 Å². The molecule has 0 saturated carbocycles. The van der Waals surface area contributed by atoms with Gasteiger partial charge < -0.3 is 15.2 Å². The molecule has 5 nitrogen and oxygen atoms in total. The lowest BCUT2D eigenvalue weighted by atomic mass is 9.98. The second-order valence-electron chi connectivity index (χ2n) is 3.96. The third kappa shape index (κ3) is 3.75. The number of benzene rings is 1. The number of ether oxygens (including phenoxy) is 1. The molecular weight excluding hydrogens is 253 g/mol. The molecule has 0 heterocycles. The van der Waals surface area contributed by atoms with Crippen molar-refractivity contribution in [2.24, 2.45) is 0 Å². The average Bonchev–Trinajstić information content (AvgIpc) is 2.35. The minimum Gasteiger partial charge on any atom is -0.464 e. The molecule has 1 aromatic rings. The SMILES string of the molecule is CCOC(=O)C(NC=O)C(O)c1ccc(F)cc1C. The van der Waals surface area contributed by atoms with Crippen molar-refractivity contribution in [1.29, 1.82) is 0 Å². The lowest BCUT2D eigenvalue weighted by Gasteiger charge is -2.22. The highest BCUT2D eigenvalue weighted by molar-refractivity contribution is 5.79.